The average molecular weight is 885 g/mol. The molecule has 0 amide bonds. The van der Waals surface area contributed by atoms with Gasteiger partial charge in [-0.25, -0.2) is 0 Å². The molecule has 0 aromatic carbocycles. The van der Waals surface area contributed by atoms with Crippen molar-refractivity contribution >= 4 is 17.9 Å². The van der Waals surface area contributed by atoms with E-state index in [2.05, 4.69) is 57.2 Å². The van der Waals surface area contributed by atoms with Crippen LogP contribution in [0.15, 0.2) is 36.5 Å². The highest BCUT2D eigenvalue weighted by molar-refractivity contribution is 5.71. The first-order chi connectivity index (χ1) is 31.0. The van der Waals surface area contributed by atoms with E-state index in [4.69, 9.17) is 14.2 Å². The topological polar surface area (TPSA) is 78.9 Å². The van der Waals surface area contributed by atoms with Crippen molar-refractivity contribution in [3.05, 3.63) is 36.5 Å². The van der Waals surface area contributed by atoms with Gasteiger partial charge in [-0.2, -0.15) is 0 Å². The van der Waals surface area contributed by atoms with Crippen molar-refractivity contribution < 1.29 is 28.6 Å². The van der Waals surface area contributed by atoms with Crippen molar-refractivity contribution in [1.29, 1.82) is 0 Å². The maximum Gasteiger partial charge on any atom is 0.306 e. The number of allylic oxidation sites excluding steroid dienone is 6. The summed E-state index contributed by atoms with van der Waals surface area (Å²) in [7, 11) is 0. The molecule has 0 saturated heterocycles. The number of unbranched alkanes of at least 4 members (excludes halogenated alkanes) is 33. The molecule has 1 atom stereocenters. The summed E-state index contributed by atoms with van der Waals surface area (Å²) in [6.45, 7) is 6.59. The van der Waals surface area contributed by atoms with E-state index < -0.39 is 6.10 Å². The van der Waals surface area contributed by atoms with E-state index in [0.29, 0.717) is 19.3 Å². The Morgan fingerprint density at radius 1 is 0.317 bits per heavy atom. The van der Waals surface area contributed by atoms with Crippen LogP contribution in [0.2, 0.25) is 0 Å². The second-order valence-corrected chi connectivity index (χ2v) is 18.5. The van der Waals surface area contributed by atoms with Crippen molar-refractivity contribution in [3.63, 3.8) is 0 Å². The predicted octanol–water partition coefficient (Wildman–Crippen LogP) is 18.1. The number of rotatable bonds is 50. The van der Waals surface area contributed by atoms with E-state index >= 15 is 0 Å². The molecule has 0 saturated carbocycles. The molecule has 0 aromatic heterocycles. The molecule has 0 N–H and O–H groups in total. The lowest BCUT2D eigenvalue weighted by atomic mass is 10.0. The smallest absolute Gasteiger partial charge is 0.306 e. The fourth-order valence-electron chi connectivity index (χ4n) is 7.93. The van der Waals surface area contributed by atoms with E-state index in [0.717, 1.165) is 77.0 Å². The number of carbonyl (C=O) groups excluding carboxylic acids is 3. The third-order valence-corrected chi connectivity index (χ3v) is 12.1. The molecule has 6 heteroatoms. The Labute approximate surface area is 391 Å². The maximum absolute atomic E-state index is 12.8. The largest absolute Gasteiger partial charge is 0.462 e. The van der Waals surface area contributed by atoms with Crippen LogP contribution < -0.4 is 0 Å². The van der Waals surface area contributed by atoms with Gasteiger partial charge in [-0.05, 0) is 70.6 Å². The van der Waals surface area contributed by atoms with Gasteiger partial charge in [-0.1, -0.05) is 237 Å². The Balaban J connectivity index is 4.33. The summed E-state index contributed by atoms with van der Waals surface area (Å²) in [5.74, 6) is -0.879. The van der Waals surface area contributed by atoms with Gasteiger partial charge >= 0.3 is 17.9 Å². The molecule has 0 aliphatic carbocycles. The standard InChI is InChI=1S/C57H104O6/c1-4-7-10-13-16-19-22-24-26-28-30-32-35-38-41-44-47-50-56(59)62-53-54(52-61-55(58)49-46-43-40-37-34-21-18-15-12-9-6-3)63-57(60)51-48-45-42-39-36-33-31-29-27-25-23-20-17-14-11-8-5-2/h15,17-18,20,25,27,54H,4-14,16,19,21-24,26,28-53H2,1-3H3/b18-15-,20-17-,27-25-/t54-/m1/s1. The minimum atomic E-state index is -0.776. The minimum Gasteiger partial charge on any atom is -0.462 e. The fraction of sp³-hybridized carbons (Fsp3) is 0.842. The number of hydrogen-bond acceptors (Lipinski definition) is 6. The van der Waals surface area contributed by atoms with E-state index in [1.165, 1.54) is 173 Å². The molecule has 0 radical (unpaired) electrons. The Kier molecular flexibility index (Phi) is 50.3. The zero-order valence-electron chi connectivity index (χ0n) is 42.1. The first-order valence-electron chi connectivity index (χ1n) is 27.5. The quantitative estimate of drug-likeness (QED) is 0.0262. The van der Waals surface area contributed by atoms with Gasteiger partial charge in [-0.3, -0.25) is 14.4 Å². The van der Waals surface area contributed by atoms with E-state index in [9.17, 15) is 14.4 Å². The molecular weight excluding hydrogens is 781 g/mol. The van der Waals surface area contributed by atoms with Crippen molar-refractivity contribution in [2.24, 2.45) is 0 Å². The van der Waals surface area contributed by atoms with Crippen LogP contribution in [0.25, 0.3) is 0 Å². The molecule has 63 heavy (non-hydrogen) atoms. The molecule has 0 heterocycles. The number of esters is 3. The molecule has 0 fully saturated rings. The van der Waals surface area contributed by atoms with Crippen molar-refractivity contribution in [1.82, 2.24) is 0 Å². The summed E-state index contributed by atoms with van der Waals surface area (Å²) in [5.41, 5.74) is 0. The van der Waals surface area contributed by atoms with Crippen LogP contribution in [0, 0.1) is 0 Å². The number of ether oxygens (including phenoxy) is 3. The van der Waals surface area contributed by atoms with Crippen molar-refractivity contribution in [3.8, 4) is 0 Å². The van der Waals surface area contributed by atoms with Gasteiger partial charge in [0.25, 0.3) is 0 Å². The zero-order valence-corrected chi connectivity index (χ0v) is 42.1. The van der Waals surface area contributed by atoms with Gasteiger partial charge in [0.1, 0.15) is 13.2 Å². The third kappa shape index (κ3) is 50.5. The van der Waals surface area contributed by atoms with Crippen LogP contribution in [0.4, 0.5) is 0 Å². The molecule has 0 bridgehead atoms. The van der Waals surface area contributed by atoms with Gasteiger partial charge in [-0.15, -0.1) is 0 Å². The van der Waals surface area contributed by atoms with Crippen LogP contribution in [0.3, 0.4) is 0 Å². The molecular formula is C57H104O6. The third-order valence-electron chi connectivity index (χ3n) is 12.1. The summed E-state index contributed by atoms with van der Waals surface area (Å²) in [6, 6.07) is 0. The van der Waals surface area contributed by atoms with Gasteiger partial charge < -0.3 is 14.2 Å². The van der Waals surface area contributed by atoms with Crippen LogP contribution in [-0.4, -0.2) is 37.2 Å². The Bertz CT molecular complexity index is 1060. The molecule has 6 nitrogen and oxygen atoms in total. The molecule has 0 rings (SSSR count). The minimum absolute atomic E-state index is 0.0748. The molecule has 0 aliphatic heterocycles. The van der Waals surface area contributed by atoms with Gasteiger partial charge in [0.2, 0.25) is 0 Å². The SMILES string of the molecule is CCCC/C=C\CCCCCCCC(=O)OC[C@H](COC(=O)CCCCCCCCCCCCCCCCCCC)OC(=O)CCCCCCCCC/C=C\C/C=C\CCCCC. The Hall–Kier alpha value is -2.37. The second-order valence-electron chi connectivity index (χ2n) is 18.5. The maximum atomic E-state index is 12.8. The normalized spacial score (nSPS) is 12.2. The van der Waals surface area contributed by atoms with Gasteiger partial charge in [0.05, 0.1) is 0 Å². The van der Waals surface area contributed by atoms with Gasteiger partial charge in [0.15, 0.2) is 6.10 Å². The van der Waals surface area contributed by atoms with Crippen molar-refractivity contribution in [2.75, 3.05) is 13.2 Å². The van der Waals surface area contributed by atoms with Crippen LogP contribution in [0.1, 0.15) is 290 Å². The lowest BCUT2D eigenvalue weighted by Crippen LogP contribution is -2.30. The fourth-order valence-corrected chi connectivity index (χ4v) is 7.93. The first-order valence-corrected chi connectivity index (χ1v) is 27.5. The van der Waals surface area contributed by atoms with Crippen molar-refractivity contribution in [2.45, 2.75) is 297 Å². The van der Waals surface area contributed by atoms with E-state index in [-0.39, 0.29) is 31.1 Å². The predicted molar refractivity (Wildman–Crippen MR) is 270 cm³/mol. The Morgan fingerprint density at radius 3 is 0.968 bits per heavy atom. The first kappa shape index (κ1) is 60.6. The lowest BCUT2D eigenvalue weighted by Gasteiger charge is -2.18. The highest BCUT2D eigenvalue weighted by Crippen LogP contribution is 2.16. The summed E-state index contributed by atoms with van der Waals surface area (Å²) in [6.07, 6.45) is 61.3. The highest BCUT2D eigenvalue weighted by atomic mass is 16.6. The second kappa shape index (κ2) is 52.3. The Morgan fingerprint density at radius 2 is 0.587 bits per heavy atom. The monoisotopic (exact) mass is 885 g/mol. The highest BCUT2D eigenvalue weighted by Gasteiger charge is 2.19. The van der Waals surface area contributed by atoms with E-state index in [1.54, 1.807) is 0 Å². The zero-order chi connectivity index (χ0) is 45.8. The summed E-state index contributed by atoms with van der Waals surface area (Å²) in [4.78, 5) is 38.0. The molecule has 0 aromatic rings. The van der Waals surface area contributed by atoms with Crippen LogP contribution in [-0.2, 0) is 28.6 Å². The average Bonchev–Trinajstić information content (AvgIpc) is 3.28. The molecule has 0 aliphatic rings. The number of hydrogen-bond donors (Lipinski definition) is 0. The molecule has 368 valence electrons. The lowest BCUT2D eigenvalue weighted by molar-refractivity contribution is -0.167. The molecule has 0 unspecified atom stereocenters. The molecule has 0 spiro atoms. The summed E-state index contributed by atoms with van der Waals surface area (Å²) in [5, 5.41) is 0. The summed E-state index contributed by atoms with van der Waals surface area (Å²) < 4.78 is 16.8. The van der Waals surface area contributed by atoms with Crippen LogP contribution in [0.5, 0.6) is 0 Å². The van der Waals surface area contributed by atoms with Crippen LogP contribution >= 0.6 is 0 Å². The van der Waals surface area contributed by atoms with Gasteiger partial charge in [0, 0.05) is 19.3 Å². The summed E-state index contributed by atoms with van der Waals surface area (Å²) >= 11 is 0. The van der Waals surface area contributed by atoms with E-state index in [1.807, 2.05) is 0 Å². The number of carbonyl (C=O) groups is 3.